The van der Waals surface area contributed by atoms with E-state index in [4.69, 9.17) is 5.73 Å². The van der Waals surface area contributed by atoms with E-state index >= 15 is 0 Å². The minimum Gasteiger partial charge on any atom is -0.366 e. The van der Waals surface area contributed by atoms with Gasteiger partial charge in [-0.2, -0.15) is 0 Å². The van der Waals surface area contributed by atoms with E-state index in [-0.39, 0.29) is 5.91 Å². The van der Waals surface area contributed by atoms with Crippen LogP contribution in [0.1, 0.15) is 40.9 Å². The number of benzene rings is 2. The average Bonchev–Trinajstić information content (AvgIpc) is 2.91. The van der Waals surface area contributed by atoms with E-state index in [9.17, 15) is 9.59 Å². The molecular weight excluding hydrogens is 324 g/mol. The predicted molar refractivity (Wildman–Crippen MR) is 106 cm³/mol. The van der Waals surface area contributed by atoms with Crippen molar-refractivity contribution in [1.29, 1.82) is 0 Å². The summed E-state index contributed by atoms with van der Waals surface area (Å²) < 4.78 is 0. The fourth-order valence-electron chi connectivity index (χ4n) is 3.57. The standard InChI is InChI=1S/C22H22N2O2/c1-5-20(25)24-19-8-6-7-15(14(19)4)16-9-10-17(22(23)26)18-11-12(2)13(3)21(16)18/h5-10H,1,11H2,2-4H3,(H2,23,26)(H,24,25). The van der Waals surface area contributed by atoms with Gasteiger partial charge in [0.05, 0.1) is 0 Å². The number of anilines is 1. The zero-order valence-electron chi connectivity index (χ0n) is 15.3. The number of allylic oxidation sites excluding steroid dienone is 2. The van der Waals surface area contributed by atoms with Crippen molar-refractivity contribution < 1.29 is 9.59 Å². The topological polar surface area (TPSA) is 72.2 Å². The first kappa shape index (κ1) is 17.7. The molecule has 0 unspecified atom stereocenters. The Morgan fingerprint density at radius 2 is 1.85 bits per heavy atom. The zero-order chi connectivity index (χ0) is 19.0. The predicted octanol–water partition coefficient (Wildman–Crippen LogP) is 4.23. The molecule has 4 nitrogen and oxygen atoms in total. The fourth-order valence-corrected chi connectivity index (χ4v) is 3.57. The summed E-state index contributed by atoms with van der Waals surface area (Å²) in [5.41, 5.74) is 14.4. The van der Waals surface area contributed by atoms with Crippen molar-refractivity contribution in [3.8, 4) is 11.1 Å². The van der Waals surface area contributed by atoms with Gasteiger partial charge in [0.25, 0.3) is 0 Å². The van der Waals surface area contributed by atoms with Crippen molar-refractivity contribution in [2.75, 3.05) is 5.32 Å². The molecule has 2 aromatic rings. The molecule has 0 saturated heterocycles. The average molecular weight is 346 g/mol. The van der Waals surface area contributed by atoms with Crippen molar-refractivity contribution in [3.05, 3.63) is 70.8 Å². The third-order valence-electron chi connectivity index (χ3n) is 5.10. The second-order valence-corrected chi connectivity index (χ2v) is 6.63. The van der Waals surface area contributed by atoms with Gasteiger partial charge in [0.1, 0.15) is 0 Å². The monoisotopic (exact) mass is 346 g/mol. The number of nitrogens with two attached hydrogens (primary N) is 1. The molecule has 3 N–H and O–H groups in total. The minimum atomic E-state index is -0.404. The molecule has 2 amide bonds. The van der Waals surface area contributed by atoms with Crippen LogP contribution in [0.25, 0.3) is 16.7 Å². The van der Waals surface area contributed by atoms with Gasteiger partial charge in [-0.25, -0.2) is 0 Å². The SMILES string of the molecule is C=CC(=O)Nc1cccc(-c2ccc(C(N)=O)c3c2C(C)=C(C)C3)c1C. The van der Waals surface area contributed by atoms with E-state index < -0.39 is 5.91 Å². The van der Waals surface area contributed by atoms with E-state index in [0.29, 0.717) is 5.56 Å². The Morgan fingerprint density at radius 3 is 2.50 bits per heavy atom. The van der Waals surface area contributed by atoms with Crippen molar-refractivity contribution in [1.82, 2.24) is 0 Å². The normalized spacial score (nSPS) is 12.7. The Bertz CT molecular complexity index is 984. The van der Waals surface area contributed by atoms with Crippen molar-refractivity contribution in [2.45, 2.75) is 27.2 Å². The number of primary amides is 1. The maximum absolute atomic E-state index is 11.8. The van der Waals surface area contributed by atoms with Gasteiger partial charge < -0.3 is 11.1 Å². The van der Waals surface area contributed by atoms with Crippen LogP contribution in [0.3, 0.4) is 0 Å². The number of fused-ring (bicyclic) bond motifs is 1. The summed E-state index contributed by atoms with van der Waals surface area (Å²) in [6.07, 6.45) is 1.99. The molecule has 132 valence electrons. The van der Waals surface area contributed by atoms with E-state index in [2.05, 4.69) is 25.7 Å². The first-order valence-electron chi connectivity index (χ1n) is 8.51. The van der Waals surface area contributed by atoms with Crippen LogP contribution < -0.4 is 11.1 Å². The summed E-state index contributed by atoms with van der Waals surface area (Å²) in [7, 11) is 0. The number of hydrogen-bond acceptors (Lipinski definition) is 2. The molecule has 0 heterocycles. The van der Waals surface area contributed by atoms with Crippen LogP contribution in [-0.4, -0.2) is 11.8 Å². The molecule has 0 saturated carbocycles. The van der Waals surface area contributed by atoms with Crippen LogP contribution in [-0.2, 0) is 11.2 Å². The molecule has 0 radical (unpaired) electrons. The molecule has 0 atom stereocenters. The van der Waals surface area contributed by atoms with Gasteiger partial charge in [0.2, 0.25) is 11.8 Å². The van der Waals surface area contributed by atoms with Crippen molar-refractivity contribution >= 4 is 23.1 Å². The van der Waals surface area contributed by atoms with Gasteiger partial charge in [-0.1, -0.05) is 30.4 Å². The van der Waals surface area contributed by atoms with Gasteiger partial charge >= 0.3 is 0 Å². The number of carbonyl (C=O) groups excluding carboxylic acids is 2. The maximum Gasteiger partial charge on any atom is 0.249 e. The van der Waals surface area contributed by atoms with Crippen LogP contribution in [0, 0.1) is 6.92 Å². The van der Waals surface area contributed by atoms with E-state index in [1.165, 1.54) is 17.2 Å². The molecule has 1 aliphatic carbocycles. The van der Waals surface area contributed by atoms with E-state index in [1.807, 2.05) is 31.2 Å². The molecule has 4 heteroatoms. The van der Waals surface area contributed by atoms with Gasteiger partial charge in [-0.15, -0.1) is 0 Å². The van der Waals surface area contributed by atoms with E-state index in [0.717, 1.165) is 39.9 Å². The maximum atomic E-state index is 11.8. The van der Waals surface area contributed by atoms with Gasteiger partial charge in [0, 0.05) is 11.3 Å². The van der Waals surface area contributed by atoms with Crippen LogP contribution in [0.2, 0.25) is 0 Å². The number of nitrogens with one attached hydrogen (secondary N) is 1. The highest BCUT2D eigenvalue weighted by atomic mass is 16.1. The van der Waals surface area contributed by atoms with Crippen molar-refractivity contribution in [2.24, 2.45) is 5.73 Å². The molecule has 0 fully saturated rings. The molecular formula is C22H22N2O2. The van der Waals surface area contributed by atoms with Crippen LogP contribution >= 0.6 is 0 Å². The summed E-state index contributed by atoms with van der Waals surface area (Å²) in [6.45, 7) is 9.63. The lowest BCUT2D eigenvalue weighted by atomic mass is 9.89. The van der Waals surface area contributed by atoms with Crippen LogP contribution in [0.4, 0.5) is 5.69 Å². The highest BCUT2D eigenvalue weighted by molar-refractivity contribution is 6.02. The van der Waals surface area contributed by atoms with Crippen molar-refractivity contribution in [3.63, 3.8) is 0 Å². The largest absolute Gasteiger partial charge is 0.366 e. The molecule has 1 aliphatic rings. The molecule has 3 rings (SSSR count). The zero-order valence-corrected chi connectivity index (χ0v) is 15.3. The lowest BCUT2D eigenvalue weighted by molar-refractivity contribution is -0.111. The number of amides is 2. The van der Waals surface area contributed by atoms with Crippen LogP contribution in [0.15, 0.2) is 48.6 Å². The second-order valence-electron chi connectivity index (χ2n) is 6.63. The summed E-state index contributed by atoms with van der Waals surface area (Å²) in [5.74, 6) is -0.648. The molecule has 0 bridgehead atoms. The number of hydrogen-bond donors (Lipinski definition) is 2. The highest BCUT2D eigenvalue weighted by Gasteiger charge is 2.25. The smallest absolute Gasteiger partial charge is 0.249 e. The Labute approximate surface area is 153 Å². The molecule has 2 aromatic carbocycles. The number of carbonyl (C=O) groups is 2. The molecule has 0 aromatic heterocycles. The Hall–Kier alpha value is -3.14. The molecule has 26 heavy (non-hydrogen) atoms. The number of rotatable bonds is 4. The van der Waals surface area contributed by atoms with E-state index in [1.54, 1.807) is 6.07 Å². The Kier molecular flexibility index (Phi) is 4.51. The lowest BCUT2D eigenvalue weighted by Gasteiger charge is -2.17. The Balaban J connectivity index is 2.22. The lowest BCUT2D eigenvalue weighted by Crippen LogP contribution is -2.14. The fraction of sp³-hybridized carbons (Fsp3) is 0.182. The van der Waals surface area contributed by atoms with Gasteiger partial charge in [0.15, 0.2) is 0 Å². The summed E-state index contributed by atoms with van der Waals surface area (Å²) in [5, 5.41) is 2.84. The molecule has 0 spiro atoms. The van der Waals surface area contributed by atoms with Gasteiger partial charge in [-0.05, 0) is 78.8 Å². The first-order valence-corrected chi connectivity index (χ1v) is 8.51. The summed E-state index contributed by atoms with van der Waals surface area (Å²) in [6, 6.07) is 9.56. The third kappa shape index (κ3) is 2.84. The summed E-state index contributed by atoms with van der Waals surface area (Å²) in [4.78, 5) is 23.5. The van der Waals surface area contributed by atoms with Gasteiger partial charge in [-0.3, -0.25) is 9.59 Å². The third-order valence-corrected chi connectivity index (χ3v) is 5.10. The first-order chi connectivity index (χ1) is 12.3. The second kappa shape index (κ2) is 6.64. The van der Waals surface area contributed by atoms with Crippen LogP contribution in [0.5, 0.6) is 0 Å². The quantitative estimate of drug-likeness (QED) is 0.813. The molecule has 0 aliphatic heterocycles. The Morgan fingerprint density at radius 1 is 1.12 bits per heavy atom. The minimum absolute atomic E-state index is 0.244. The highest BCUT2D eigenvalue weighted by Crippen LogP contribution is 2.42. The summed E-state index contributed by atoms with van der Waals surface area (Å²) >= 11 is 0.